The fourth-order valence-electron chi connectivity index (χ4n) is 2.51. The van der Waals surface area contributed by atoms with Crippen molar-refractivity contribution in [3.8, 4) is 5.75 Å². The maximum Gasteiger partial charge on any atom is 0.255 e. The van der Waals surface area contributed by atoms with Gasteiger partial charge in [0.1, 0.15) is 5.75 Å². The first-order chi connectivity index (χ1) is 11.0. The summed E-state index contributed by atoms with van der Waals surface area (Å²) in [5, 5.41) is 9.56. The Labute approximate surface area is 136 Å². The third kappa shape index (κ3) is 4.32. The first-order valence-electron chi connectivity index (χ1n) is 7.55. The second-order valence-corrected chi connectivity index (χ2v) is 5.46. The van der Waals surface area contributed by atoms with Gasteiger partial charge in [-0.3, -0.25) is 9.59 Å². The van der Waals surface area contributed by atoms with Crippen LogP contribution in [0.25, 0.3) is 0 Å². The van der Waals surface area contributed by atoms with Crippen molar-refractivity contribution in [1.82, 2.24) is 9.80 Å². The molecule has 0 saturated carbocycles. The van der Waals surface area contributed by atoms with Gasteiger partial charge < -0.3 is 19.6 Å². The number of hydrogen-bond donors (Lipinski definition) is 1. The van der Waals surface area contributed by atoms with Crippen LogP contribution < -0.4 is 4.74 Å². The van der Waals surface area contributed by atoms with E-state index in [0.29, 0.717) is 26.1 Å². The van der Waals surface area contributed by atoms with Gasteiger partial charge in [0.25, 0.3) is 5.91 Å². The molecule has 23 heavy (non-hydrogen) atoms. The number of amides is 2. The molecular formula is C17H22N2O4. The minimum absolute atomic E-state index is 0.0140. The smallest absolute Gasteiger partial charge is 0.255 e. The van der Waals surface area contributed by atoms with Gasteiger partial charge >= 0.3 is 0 Å². The molecule has 6 nitrogen and oxygen atoms in total. The van der Waals surface area contributed by atoms with E-state index >= 15 is 0 Å². The Morgan fingerprint density at radius 3 is 2.70 bits per heavy atom. The van der Waals surface area contributed by atoms with Crippen LogP contribution >= 0.6 is 0 Å². The van der Waals surface area contributed by atoms with Crippen LogP contribution in [0, 0.1) is 0 Å². The number of nitrogens with zero attached hydrogens (tertiary/aromatic N) is 2. The van der Waals surface area contributed by atoms with Crippen LogP contribution in [0.3, 0.4) is 0 Å². The summed E-state index contributed by atoms with van der Waals surface area (Å²) in [6.45, 7) is 4.92. The van der Waals surface area contributed by atoms with Crippen LogP contribution in [0.1, 0.15) is 12.0 Å². The summed E-state index contributed by atoms with van der Waals surface area (Å²) >= 11 is 0. The van der Waals surface area contributed by atoms with Gasteiger partial charge in [-0.1, -0.05) is 24.8 Å². The van der Waals surface area contributed by atoms with Crippen LogP contribution in [0.5, 0.6) is 5.75 Å². The first kappa shape index (κ1) is 17.0. The fraction of sp³-hybridized carbons (Fsp3) is 0.412. The Hall–Kier alpha value is -2.34. The maximum absolute atomic E-state index is 12.4. The van der Waals surface area contributed by atoms with E-state index in [1.807, 2.05) is 24.3 Å². The first-order valence-corrected chi connectivity index (χ1v) is 7.55. The molecule has 1 N–H and O–H groups in total. The summed E-state index contributed by atoms with van der Waals surface area (Å²) in [6, 6.07) is 7.55. The molecule has 1 atom stereocenters. The van der Waals surface area contributed by atoms with Gasteiger partial charge in [0.05, 0.1) is 13.7 Å². The number of aliphatic hydroxyl groups excluding tert-OH is 1. The average Bonchev–Trinajstić information content (AvgIpc) is 2.76. The van der Waals surface area contributed by atoms with Crippen LogP contribution in [-0.4, -0.2) is 59.6 Å². The molecule has 1 aromatic carbocycles. The average molecular weight is 318 g/mol. The van der Waals surface area contributed by atoms with Gasteiger partial charge in [-0.2, -0.15) is 0 Å². The van der Waals surface area contributed by atoms with Crippen LogP contribution in [0.2, 0.25) is 0 Å². The Morgan fingerprint density at radius 2 is 2.09 bits per heavy atom. The minimum atomic E-state index is -1.25. The summed E-state index contributed by atoms with van der Waals surface area (Å²) in [6.07, 6.45) is 0.598. The van der Waals surface area contributed by atoms with Crippen molar-refractivity contribution in [2.45, 2.75) is 19.1 Å². The minimum Gasteiger partial charge on any atom is -0.497 e. The van der Waals surface area contributed by atoms with Gasteiger partial charge in [-0.25, -0.2) is 0 Å². The van der Waals surface area contributed by atoms with Gasteiger partial charge in [-0.05, 0) is 24.1 Å². The molecule has 2 amide bonds. The summed E-state index contributed by atoms with van der Waals surface area (Å²) in [5.74, 6) is 0.175. The topological polar surface area (TPSA) is 70.1 Å². The highest BCUT2D eigenvalue weighted by atomic mass is 16.5. The third-order valence-corrected chi connectivity index (χ3v) is 3.86. The van der Waals surface area contributed by atoms with Crippen LogP contribution in [-0.2, 0) is 16.1 Å². The predicted molar refractivity (Wildman–Crippen MR) is 85.8 cm³/mol. The second kappa shape index (κ2) is 7.78. The molecule has 0 spiro atoms. The quantitative estimate of drug-likeness (QED) is 0.816. The van der Waals surface area contributed by atoms with E-state index < -0.39 is 12.0 Å². The number of aliphatic hydroxyl groups is 1. The summed E-state index contributed by atoms with van der Waals surface area (Å²) < 4.78 is 5.12. The normalized spacial score (nSPS) is 16.7. The second-order valence-electron chi connectivity index (χ2n) is 5.46. The highest BCUT2D eigenvalue weighted by Crippen LogP contribution is 2.15. The molecule has 0 aromatic heterocycles. The third-order valence-electron chi connectivity index (χ3n) is 3.86. The monoisotopic (exact) mass is 318 g/mol. The zero-order valence-electron chi connectivity index (χ0n) is 13.3. The molecule has 0 bridgehead atoms. The van der Waals surface area contributed by atoms with Crippen molar-refractivity contribution < 1.29 is 19.4 Å². The lowest BCUT2D eigenvalue weighted by molar-refractivity contribution is -0.142. The van der Waals surface area contributed by atoms with E-state index in [1.165, 1.54) is 11.0 Å². The van der Waals surface area contributed by atoms with Crippen molar-refractivity contribution in [2.24, 2.45) is 0 Å². The Kier molecular flexibility index (Phi) is 5.76. The summed E-state index contributed by atoms with van der Waals surface area (Å²) in [5.41, 5.74) is 1.00. The molecule has 124 valence electrons. The van der Waals surface area contributed by atoms with Gasteiger partial charge in [-0.15, -0.1) is 0 Å². The van der Waals surface area contributed by atoms with Crippen molar-refractivity contribution in [3.63, 3.8) is 0 Å². The Balaban J connectivity index is 2.00. The van der Waals surface area contributed by atoms with Crippen LogP contribution in [0.15, 0.2) is 36.9 Å². The van der Waals surface area contributed by atoms with E-state index in [0.717, 1.165) is 11.3 Å². The van der Waals surface area contributed by atoms with Crippen LogP contribution in [0.4, 0.5) is 0 Å². The molecule has 1 aromatic rings. The lowest BCUT2D eigenvalue weighted by atomic mass is 10.2. The summed E-state index contributed by atoms with van der Waals surface area (Å²) in [7, 11) is 1.61. The number of carbonyl (C=O) groups is 2. The van der Waals surface area contributed by atoms with Gasteiger partial charge in [0.2, 0.25) is 5.91 Å². The largest absolute Gasteiger partial charge is 0.497 e. The van der Waals surface area contributed by atoms with Gasteiger partial charge in [0.15, 0.2) is 6.10 Å². The molecule has 6 heteroatoms. The number of ether oxygens (including phenoxy) is 1. The van der Waals surface area contributed by atoms with E-state index in [-0.39, 0.29) is 12.5 Å². The van der Waals surface area contributed by atoms with E-state index in [2.05, 4.69) is 6.58 Å². The Bertz CT molecular complexity index is 570. The highest BCUT2D eigenvalue weighted by molar-refractivity contribution is 5.88. The molecule has 1 unspecified atom stereocenters. The molecule has 0 aliphatic carbocycles. The molecule has 1 aliphatic rings. The fourth-order valence-corrected chi connectivity index (χ4v) is 2.51. The lowest BCUT2D eigenvalue weighted by Crippen LogP contribution is -2.43. The van der Waals surface area contributed by atoms with Crippen molar-refractivity contribution in [2.75, 3.05) is 26.7 Å². The van der Waals surface area contributed by atoms with E-state index in [1.54, 1.807) is 12.0 Å². The number of rotatable bonds is 5. The molecular weight excluding hydrogens is 296 g/mol. The highest BCUT2D eigenvalue weighted by Gasteiger charge is 2.27. The number of benzene rings is 1. The molecule has 1 aliphatic heterocycles. The van der Waals surface area contributed by atoms with Gasteiger partial charge in [0, 0.05) is 19.6 Å². The standard InChI is InChI=1S/C17H22N2O4/c1-3-15(20)17(22)19-10-4-9-18(16(21)12-19)11-13-5-7-14(23-2)8-6-13/h3,5-8,15,20H,1,4,9-12H2,2H3. The van der Waals surface area contributed by atoms with Crippen molar-refractivity contribution in [1.29, 1.82) is 0 Å². The van der Waals surface area contributed by atoms with Crippen molar-refractivity contribution >= 4 is 11.8 Å². The Morgan fingerprint density at radius 1 is 1.39 bits per heavy atom. The molecule has 0 radical (unpaired) electrons. The molecule has 2 rings (SSSR count). The summed E-state index contributed by atoms with van der Waals surface area (Å²) in [4.78, 5) is 27.5. The number of methoxy groups -OCH3 is 1. The van der Waals surface area contributed by atoms with E-state index in [9.17, 15) is 14.7 Å². The van der Waals surface area contributed by atoms with Crippen molar-refractivity contribution in [3.05, 3.63) is 42.5 Å². The number of hydrogen-bond acceptors (Lipinski definition) is 4. The lowest BCUT2D eigenvalue weighted by Gasteiger charge is -2.23. The predicted octanol–water partition coefficient (Wildman–Crippen LogP) is 0.803. The molecule has 1 saturated heterocycles. The molecule has 1 heterocycles. The SMILES string of the molecule is C=CC(O)C(=O)N1CCCN(Cc2ccc(OC)cc2)C(=O)C1. The van der Waals surface area contributed by atoms with E-state index in [4.69, 9.17) is 4.74 Å². The number of carbonyl (C=O) groups excluding carboxylic acids is 2. The molecule has 1 fully saturated rings. The maximum atomic E-state index is 12.4. The zero-order chi connectivity index (χ0) is 16.8. The zero-order valence-corrected chi connectivity index (χ0v) is 13.3.